The molecular weight excluding hydrogens is 246 g/mol. The Labute approximate surface area is 115 Å². The Hall–Kier alpha value is -0.540. The maximum atomic E-state index is 6.47. The van der Waals surface area contributed by atoms with E-state index in [1.807, 2.05) is 18.8 Å². The highest BCUT2D eigenvalue weighted by atomic mass is 35.5. The van der Waals surface area contributed by atoms with Gasteiger partial charge in [0, 0.05) is 13.6 Å². The molecule has 0 unspecified atom stereocenters. The third kappa shape index (κ3) is 2.57. The summed E-state index contributed by atoms with van der Waals surface area (Å²) in [5.41, 5.74) is 2.63. The molecule has 1 saturated carbocycles. The summed E-state index contributed by atoms with van der Waals surface area (Å²) in [6, 6.07) is 0. The molecule has 0 bridgehead atoms. The first-order valence-electron chi connectivity index (χ1n) is 6.97. The van der Waals surface area contributed by atoms with Crippen LogP contribution >= 0.6 is 11.6 Å². The van der Waals surface area contributed by atoms with Crippen LogP contribution in [0.25, 0.3) is 0 Å². The molecule has 1 aromatic rings. The van der Waals surface area contributed by atoms with E-state index in [1.165, 1.54) is 31.4 Å². The van der Waals surface area contributed by atoms with Crippen molar-refractivity contribution >= 4 is 11.6 Å². The zero-order valence-corrected chi connectivity index (χ0v) is 12.5. The number of hydrogen-bond donors (Lipinski definition) is 1. The number of halogens is 1. The van der Waals surface area contributed by atoms with Gasteiger partial charge in [0.25, 0.3) is 0 Å². The Morgan fingerprint density at radius 2 is 2.06 bits per heavy atom. The smallest absolute Gasteiger partial charge is 0.0849 e. The van der Waals surface area contributed by atoms with Gasteiger partial charge < -0.3 is 5.32 Å². The van der Waals surface area contributed by atoms with E-state index in [1.54, 1.807) is 0 Å². The van der Waals surface area contributed by atoms with Gasteiger partial charge in [-0.1, -0.05) is 31.4 Å². The molecule has 102 valence electrons. The van der Waals surface area contributed by atoms with E-state index in [0.29, 0.717) is 5.41 Å². The largest absolute Gasteiger partial charge is 0.319 e. The molecule has 4 heteroatoms. The molecule has 0 saturated heterocycles. The molecule has 0 aromatic carbocycles. The van der Waals surface area contributed by atoms with Crippen LogP contribution in [-0.4, -0.2) is 23.4 Å². The quantitative estimate of drug-likeness (QED) is 0.891. The van der Waals surface area contributed by atoms with Gasteiger partial charge in [0.15, 0.2) is 0 Å². The lowest BCUT2D eigenvalue weighted by molar-refractivity contribution is 0.279. The molecule has 0 atom stereocenters. The van der Waals surface area contributed by atoms with Crippen molar-refractivity contribution in [3.8, 4) is 0 Å². The average molecular weight is 270 g/mol. The first-order valence-corrected chi connectivity index (χ1v) is 7.34. The van der Waals surface area contributed by atoms with Crippen LogP contribution < -0.4 is 5.32 Å². The van der Waals surface area contributed by atoms with Gasteiger partial charge in [-0.25, -0.2) is 0 Å². The topological polar surface area (TPSA) is 29.9 Å². The van der Waals surface area contributed by atoms with Crippen LogP contribution in [0.2, 0.25) is 5.02 Å². The third-order valence-electron chi connectivity index (χ3n) is 4.26. The summed E-state index contributed by atoms with van der Waals surface area (Å²) in [7, 11) is 4.06. The molecule has 0 spiro atoms. The highest BCUT2D eigenvalue weighted by Gasteiger charge is 2.35. The van der Waals surface area contributed by atoms with Gasteiger partial charge in [-0.15, -0.1) is 0 Å². The first-order chi connectivity index (χ1) is 8.62. The van der Waals surface area contributed by atoms with E-state index in [0.717, 1.165) is 30.1 Å². The van der Waals surface area contributed by atoms with Crippen LogP contribution in [0.3, 0.4) is 0 Å². The molecule has 0 amide bonds. The van der Waals surface area contributed by atoms with Crippen LogP contribution in [0.1, 0.15) is 44.0 Å². The molecule has 1 aromatic heterocycles. The number of nitrogens with one attached hydrogen (secondary N) is 1. The fourth-order valence-corrected chi connectivity index (χ4v) is 3.64. The van der Waals surface area contributed by atoms with Crippen LogP contribution in [0.4, 0.5) is 0 Å². The molecular formula is C14H24ClN3. The SMILES string of the molecule is CCc1nn(C)c(CC2(CNC)CCCC2)c1Cl. The van der Waals surface area contributed by atoms with E-state index in [4.69, 9.17) is 11.6 Å². The summed E-state index contributed by atoms with van der Waals surface area (Å²) in [5.74, 6) is 0. The summed E-state index contributed by atoms with van der Waals surface area (Å²) >= 11 is 6.47. The highest BCUT2D eigenvalue weighted by molar-refractivity contribution is 6.31. The van der Waals surface area contributed by atoms with Crippen molar-refractivity contribution in [2.24, 2.45) is 12.5 Å². The van der Waals surface area contributed by atoms with Gasteiger partial charge >= 0.3 is 0 Å². The molecule has 1 N–H and O–H groups in total. The predicted octanol–water partition coefficient (Wildman–Crippen LogP) is 2.96. The minimum atomic E-state index is 0.386. The molecule has 3 nitrogen and oxygen atoms in total. The molecule has 18 heavy (non-hydrogen) atoms. The highest BCUT2D eigenvalue weighted by Crippen LogP contribution is 2.41. The predicted molar refractivity (Wildman–Crippen MR) is 76.1 cm³/mol. The number of hydrogen-bond acceptors (Lipinski definition) is 2. The Kier molecular flexibility index (Phi) is 4.33. The fraction of sp³-hybridized carbons (Fsp3) is 0.786. The normalized spacial score (nSPS) is 18.4. The molecule has 2 rings (SSSR count). The van der Waals surface area contributed by atoms with Crippen molar-refractivity contribution in [2.75, 3.05) is 13.6 Å². The molecule has 1 aliphatic carbocycles. The van der Waals surface area contributed by atoms with Gasteiger partial charge in [0.1, 0.15) is 0 Å². The minimum Gasteiger partial charge on any atom is -0.319 e. The second kappa shape index (κ2) is 5.62. The van der Waals surface area contributed by atoms with Gasteiger partial charge in [0.05, 0.1) is 16.4 Å². The molecule has 1 aliphatic rings. The summed E-state index contributed by atoms with van der Waals surface area (Å²) in [4.78, 5) is 0. The zero-order chi connectivity index (χ0) is 13.2. The monoisotopic (exact) mass is 269 g/mol. The van der Waals surface area contributed by atoms with E-state index < -0.39 is 0 Å². The summed E-state index contributed by atoms with van der Waals surface area (Å²) in [6.45, 7) is 3.19. The maximum absolute atomic E-state index is 6.47. The number of rotatable bonds is 5. The summed E-state index contributed by atoms with van der Waals surface area (Å²) < 4.78 is 1.98. The Morgan fingerprint density at radius 3 is 2.56 bits per heavy atom. The Bertz CT molecular complexity index is 405. The van der Waals surface area contributed by atoms with E-state index in [-0.39, 0.29) is 0 Å². The number of aromatic nitrogens is 2. The van der Waals surface area contributed by atoms with E-state index >= 15 is 0 Å². The molecule has 0 aliphatic heterocycles. The maximum Gasteiger partial charge on any atom is 0.0849 e. The average Bonchev–Trinajstić information content (AvgIpc) is 2.90. The van der Waals surface area contributed by atoms with Crippen molar-refractivity contribution < 1.29 is 0 Å². The standard InChI is InChI=1S/C14H24ClN3/c1-4-11-13(15)12(18(3)17-11)9-14(10-16-2)7-5-6-8-14/h16H,4-10H2,1-3H3. The van der Waals surface area contributed by atoms with Crippen LogP contribution in [0, 0.1) is 5.41 Å². The van der Waals surface area contributed by atoms with Crippen LogP contribution in [0.5, 0.6) is 0 Å². The Morgan fingerprint density at radius 1 is 1.39 bits per heavy atom. The van der Waals surface area contributed by atoms with Crippen LogP contribution in [-0.2, 0) is 19.9 Å². The zero-order valence-electron chi connectivity index (χ0n) is 11.7. The summed E-state index contributed by atoms with van der Waals surface area (Å²) in [5, 5.41) is 8.78. The van der Waals surface area contributed by atoms with Gasteiger partial charge in [-0.2, -0.15) is 5.10 Å². The first kappa shape index (κ1) is 13.9. The fourth-order valence-electron chi connectivity index (χ4n) is 3.28. The second-order valence-electron chi connectivity index (χ2n) is 5.60. The Balaban J connectivity index is 2.24. The van der Waals surface area contributed by atoms with Crippen molar-refractivity contribution in [3.05, 3.63) is 16.4 Å². The number of nitrogens with zero attached hydrogens (tertiary/aromatic N) is 2. The van der Waals surface area contributed by atoms with Crippen molar-refractivity contribution in [1.82, 2.24) is 15.1 Å². The van der Waals surface area contributed by atoms with E-state index in [9.17, 15) is 0 Å². The van der Waals surface area contributed by atoms with Crippen molar-refractivity contribution in [3.63, 3.8) is 0 Å². The lowest BCUT2D eigenvalue weighted by Gasteiger charge is -2.29. The van der Waals surface area contributed by atoms with Gasteiger partial charge in [0.2, 0.25) is 0 Å². The lowest BCUT2D eigenvalue weighted by Crippen LogP contribution is -2.32. The summed E-state index contributed by atoms with van der Waals surface area (Å²) in [6.07, 6.45) is 7.26. The molecule has 0 radical (unpaired) electrons. The number of aryl methyl sites for hydroxylation is 2. The molecule has 1 fully saturated rings. The molecule has 1 heterocycles. The minimum absolute atomic E-state index is 0.386. The lowest BCUT2D eigenvalue weighted by atomic mass is 9.81. The van der Waals surface area contributed by atoms with Crippen molar-refractivity contribution in [1.29, 1.82) is 0 Å². The van der Waals surface area contributed by atoms with Gasteiger partial charge in [-0.05, 0) is 38.1 Å². The third-order valence-corrected chi connectivity index (χ3v) is 4.70. The second-order valence-corrected chi connectivity index (χ2v) is 5.98. The van der Waals surface area contributed by atoms with E-state index in [2.05, 4.69) is 17.3 Å². The van der Waals surface area contributed by atoms with Crippen molar-refractivity contribution in [2.45, 2.75) is 45.4 Å². The van der Waals surface area contributed by atoms with Crippen LogP contribution in [0.15, 0.2) is 0 Å². The van der Waals surface area contributed by atoms with Gasteiger partial charge in [-0.3, -0.25) is 4.68 Å².